The summed E-state index contributed by atoms with van der Waals surface area (Å²) in [7, 11) is 1.56. The van der Waals surface area contributed by atoms with Gasteiger partial charge in [-0.3, -0.25) is 9.59 Å². The Balaban J connectivity index is 2.58. The van der Waals surface area contributed by atoms with Crippen molar-refractivity contribution in [3.8, 4) is 0 Å². The zero-order valence-electron chi connectivity index (χ0n) is 12.7. The number of aromatic nitrogens is 1. The second kappa shape index (κ2) is 7.00. The molecule has 6 nitrogen and oxygen atoms in total. The molecule has 1 atom stereocenters. The predicted molar refractivity (Wildman–Crippen MR) is 85.6 cm³/mol. The summed E-state index contributed by atoms with van der Waals surface area (Å²) in [6.07, 6.45) is 1.58. The van der Waals surface area contributed by atoms with Crippen LogP contribution in [0.1, 0.15) is 20.8 Å². The number of nitrogens with two attached hydrogens (primary N) is 1. The third kappa shape index (κ3) is 5.43. The van der Waals surface area contributed by atoms with Gasteiger partial charge in [-0.15, -0.1) is 0 Å². The first-order valence-corrected chi connectivity index (χ1v) is 7.32. The van der Waals surface area contributed by atoms with Gasteiger partial charge in [0.05, 0.1) is 12.6 Å². The van der Waals surface area contributed by atoms with E-state index in [1.165, 1.54) is 4.90 Å². The summed E-state index contributed by atoms with van der Waals surface area (Å²) in [5, 5.41) is 2.63. The zero-order chi connectivity index (χ0) is 16.2. The predicted octanol–water partition coefficient (Wildman–Crippen LogP) is 1.61. The Morgan fingerprint density at radius 3 is 2.52 bits per heavy atom. The summed E-state index contributed by atoms with van der Waals surface area (Å²) in [6.45, 7) is 5.58. The number of amides is 2. The second-order valence-corrected chi connectivity index (χ2v) is 6.86. The van der Waals surface area contributed by atoms with Crippen molar-refractivity contribution < 1.29 is 9.59 Å². The lowest BCUT2D eigenvalue weighted by atomic mass is 9.86. The van der Waals surface area contributed by atoms with Gasteiger partial charge in [0, 0.05) is 17.7 Å². The number of likely N-dealkylation sites (N-methyl/N-ethyl adjacent to an activating group) is 1. The van der Waals surface area contributed by atoms with Gasteiger partial charge in [0.2, 0.25) is 11.8 Å². The summed E-state index contributed by atoms with van der Waals surface area (Å²) in [6, 6.07) is 2.79. The van der Waals surface area contributed by atoms with Crippen LogP contribution in [0.3, 0.4) is 0 Å². The maximum Gasteiger partial charge on any atom is 0.245 e. The average Bonchev–Trinajstić information content (AvgIpc) is 2.38. The Bertz CT molecular complexity index is 511. The molecule has 0 unspecified atom stereocenters. The molecule has 0 radical (unpaired) electrons. The van der Waals surface area contributed by atoms with Crippen LogP contribution in [0.5, 0.6) is 0 Å². The average molecular weight is 357 g/mol. The number of halogens is 1. The van der Waals surface area contributed by atoms with Gasteiger partial charge in [-0.05, 0) is 33.5 Å². The van der Waals surface area contributed by atoms with Crippen molar-refractivity contribution >= 4 is 33.6 Å². The number of hydrogen-bond donors (Lipinski definition) is 2. The molecule has 0 saturated heterocycles. The van der Waals surface area contributed by atoms with Gasteiger partial charge in [-0.1, -0.05) is 20.8 Å². The molecule has 0 bridgehead atoms. The molecule has 2 amide bonds. The highest BCUT2D eigenvalue weighted by atomic mass is 79.9. The minimum Gasteiger partial charge on any atom is -0.335 e. The van der Waals surface area contributed by atoms with Crippen LogP contribution in [0, 0.1) is 5.41 Å². The first-order chi connectivity index (χ1) is 9.61. The van der Waals surface area contributed by atoms with Crippen LogP contribution in [-0.4, -0.2) is 41.3 Å². The van der Waals surface area contributed by atoms with E-state index in [-0.39, 0.29) is 23.8 Å². The number of hydrogen-bond acceptors (Lipinski definition) is 4. The van der Waals surface area contributed by atoms with Crippen LogP contribution in [0.15, 0.2) is 22.8 Å². The number of pyridine rings is 1. The second-order valence-electron chi connectivity index (χ2n) is 5.95. The molecule has 1 heterocycles. The maximum atomic E-state index is 12.1. The van der Waals surface area contributed by atoms with Crippen molar-refractivity contribution in [1.29, 1.82) is 0 Å². The lowest BCUT2D eigenvalue weighted by molar-refractivity contribution is -0.136. The Kier molecular flexibility index (Phi) is 5.86. The van der Waals surface area contributed by atoms with Crippen molar-refractivity contribution in [3.63, 3.8) is 0 Å². The number of nitrogens with zero attached hydrogens (tertiary/aromatic N) is 2. The van der Waals surface area contributed by atoms with Gasteiger partial charge in [0.1, 0.15) is 5.82 Å². The molecule has 7 heteroatoms. The summed E-state index contributed by atoms with van der Waals surface area (Å²) >= 11 is 3.26. The minimum absolute atomic E-state index is 0.0691. The fraction of sp³-hybridized carbons (Fsp3) is 0.500. The number of carbonyl (C=O) groups is 2. The number of nitrogens with one attached hydrogen (secondary N) is 1. The van der Waals surface area contributed by atoms with Crippen LogP contribution < -0.4 is 11.1 Å². The van der Waals surface area contributed by atoms with E-state index in [0.29, 0.717) is 5.82 Å². The molecule has 0 aromatic carbocycles. The first-order valence-electron chi connectivity index (χ1n) is 6.53. The van der Waals surface area contributed by atoms with Crippen LogP contribution in [0.4, 0.5) is 5.82 Å². The van der Waals surface area contributed by atoms with Crippen molar-refractivity contribution in [3.05, 3.63) is 22.8 Å². The molecular formula is C14H21BrN4O2. The summed E-state index contributed by atoms with van der Waals surface area (Å²) in [5.74, 6) is -0.146. The van der Waals surface area contributed by atoms with E-state index in [1.54, 1.807) is 25.4 Å². The van der Waals surface area contributed by atoms with E-state index in [4.69, 9.17) is 5.73 Å². The highest BCUT2D eigenvalue weighted by Crippen LogP contribution is 2.18. The molecule has 1 rings (SSSR count). The fourth-order valence-corrected chi connectivity index (χ4v) is 1.77. The molecule has 0 aliphatic carbocycles. The summed E-state index contributed by atoms with van der Waals surface area (Å²) in [5.41, 5.74) is 5.55. The van der Waals surface area contributed by atoms with Gasteiger partial charge in [0.25, 0.3) is 0 Å². The van der Waals surface area contributed by atoms with Crippen LogP contribution in [0.2, 0.25) is 0 Å². The molecule has 116 valence electrons. The van der Waals surface area contributed by atoms with Crippen molar-refractivity contribution in [2.45, 2.75) is 26.8 Å². The monoisotopic (exact) mass is 356 g/mol. The normalized spacial score (nSPS) is 12.7. The topological polar surface area (TPSA) is 88.3 Å². The van der Waals surface area contributed by atoms with Gasteiger partial charge in [0.15, 0.2) is 0 Å². The molecular weight excluding hydrogens is 336 g/mol. The van der Waals surface area contributed by atoms with Crippen LogP contribution in [0.25, 0.3) is 0 Å². The minimum atomic E-state index is -0.652. The molecule has 0 aliphatic heterocycles. The van der Waals surface area contributed by atoms with Crippen LogP contribution >= 0.6 is 15.9 Å². The Morgan fingerprint density at radius 1 is 1.43 bits per heavy atom. The summed E-state index contributed by atoms with van der Waals surface area (Å²) < 4.78 is 0.823. The third-order valence-electron chi connectivity index (χ3n) is 2.95. The molecule has 1 aromatic rings. The third-order valence-corrected chi connectivity index (χ3v) is 3.42. The number of carbonyl (C=O) groups excluding carboxylic acids is 2. The van der Waals surface area contributed by atoms with Crippen molar-refractivity contribution in [1.82, 2.24) is 9.88 Å². The Hall–Kier alpha value is -1.47. The SMILES string of the molecule is CN(CC(=O)Nc1ccc(Br)cn1)C(=O)[C@@H](N)C(C)(C)C. The van der Waals surface area contributed by atoms with Gasteiger partial charge in [-0.2, -0.15) is 0 Å². The summed E-state index contributed by atoms with van der Waals surface area (Å²) in [4.78, 5) is 29.4. The van der Waals surface area contributed by atoms with Gasteiger partial charge in [-0.25, -0.2) is 4.98 Å². The molecule has 21 heavy (non-hydrogen) atoms. The van der Waals surface area contributed by atoms with Gasteiger partial charge >= 0.3 is 0 Å². The quantitative estimate of drug-likeness (QED) is 0.857. The smallest absolute Gasteiger partial charge is 0.245 e. The fourth-order valence-electron chi connectivity index (χ4n) is 1.53. The number of anilines is 1. The van der Waals surface area contributed by atoms with E-state index < -0.39 is 6.04 Å². The molecule has 0 spiro atoms. The molecule has 3 N–H and O–H groups in total. The Morgan fingerprint density at radius 2 is 2.05 bits per heavy atom. The van der Waals surface area contributed by atoms with Crippen molar-refractivity contribution in [2.75, 3.05) is 18.9 Å². The first kappa shape index (κ1) is 17.6. The van der Waals surface area contributed by atoms with Crippen molar-refractivity contribution in [2.24, 2.45) is 11.1 Å². The van der Waals surface area contributed by atoms with Gasteiger partial charge < -0.3 is 16.0 Å². The van der Waals surface area contributed by atoms with Crippen LogP contribution in [-0.2, 0) is 9.59 Å². The molecule has 0 fully saturated rings. The molecule has 1 aromatic heterocycles. The highest BCUT2D eigenvalue weighted by Gasteiger charge is 2.30. The van der Waals surface area contributed by atoms with E-state index in [9.17, 15) is 9.59 Å². The zero-order valence-corrected chi connectivity index (χ0v) is 14.3. The number of rotatable bonds is 4. The molecule has 0 saturated carbocycles. The lowest BCUT2D eigenvalue weighted by Crippen LogP contribution is -2.50. The van der Waals surface area contributed by atoms with E-state index in [2.05, 4.69) is 26.2 Å². The Labute approximate surface area is 133 Å². The lowest BCUT2D eigenvalue weighted by Gasteiger charge is -2.29. The molecule has 0 aliphatic rings. The van der Waals surface area contributed by atoms with E-state index >= 15 is 0 Å². The highest BCUT2D eigenvalue weighted by molar-refractivity contribution is 9.10. The van der Waals surface area contributed by atoms with E-state index in [0.717, 1.165) is 4.47 Å². The standard InChI is InChI=1S/C14H21BrN4O2/c1-14(2,3)12(16)13(21)19(4)8-11(20)18-10-6-5-9(15)7-17-10/h5-7,12H,8,16H2,1-4H3,(H,17,18,20)/t12-/m1/s1. The van der Waals surface area contributed by atoms with E-state index in [1.807, 2.05) is 20.8 Å². The maximum absolute atomic E-state index is 12.1. The largest absolute Gasteiger partial charge is 0.335 e.